The summed E-state index contributed by atoms with van der Waals surface area (Å²) in [6.07, 6.45) is 0.691. The number of carbonyl (C=O) groups is 1. The monoisotopic (exact) mass is 376 g/mol. The van der Waals surface area contributed by atoms with Crippen molar-refractivity contribution < 1.29 is 9.53 Å². The fourth-order valence-corrected chi connectivity index (χ4v) is 3.74. The number of ether oxygens (including phenoxy) is 1. The standard InChI is InChI=1S/C19H28N4O2S/c1-6-16(18(24)25-8-3)26-19-22-21-17(23(19)7-2)12-20-15-10-9-13(4)11-14(15)5/h9-11,16,20H,6-8,12H2,1-5H3. The average Bonchev–Trinajstić information content (AvgIpc) is 3.00. The predicted octanol–water partition coefficient (Wildman–Crippen LogP) is 3.96. The fraction of sp³-hybridized carbons (Fsp3) is 0.526. The number of hydrogen-bond acceptors (Lipinski definition) is 6. The molecule has 0 amide bonds. The van der Waals surface area contributed by atoms with E-state index in [9.17, 15) is 4.79 Å². The third-order valence-corrected chi connectivity index (χ3v) is 5.42. The van der Waals surface area contributed by atoms with Crippen molar-refractivity contribution in [3.05, 3.63) is 35.2 Å². The van der Waals surface area contributed by atoms with Crippen molar-refractivity contribution in [2.24, 2.45) is 0 Å². The number of thioether (sulfide) groups is 1. The van der Waals surface area contributed by atoms with Crippen LogP contribution in [0.1, 0.15) is 44.1 Å². The molecule has 0 spiro atoms. The molecule has 0 aliphatic carbocycles. The SMILES string of the molecule is CCOC(=O)C(CC)Sc1nnc(CNc2ccc(C)cc2C)n1CC. The highest BCUT2D eigenvalue weighted by Gasteiger charge is 2.23. The number of aryl methyl sites for hydroxylation is 2. The second kappa shape index (κ2) is 9.62. The van der Waals surface area contributed by atoms with E-state index in [4.69, 9.17) is 4.74 Å². The van der Waals surface area contributed by atoms with E-state index >= 15 is 0 Å². The average molecular weight is 377 g/mol. The van der Waals surface area contributed by atoms with Crippen LogP contribution in [0.25, 0.3) is 0 Å². The molecule has 0 aliphatic heterocycles. The zero-order chi connectivity index (χ0) is 19.1. The van der Waals surface area contributed by atoms with Crippen molar-refractivity contribution in [3.63, 3.8) is 0 Å². The molecule has 0 aliphatic rings. The highest BCUT2D eigenvalue weighted by atomic mass is 32.2. The largest absolute Gasteiger partial charge is 0.465 e. The summed E-state index contributed by atoms with van der Waals surface area (Å²) in [6, 6.07) is 6.33. The number of aromatic nitrogens is 3. The van der Waals surface area contributed by atoms with Gasteiger partial charge in [0.1, 0.15) is 5.25 Å². The van der Waals surface area contributed by atoms with Gasteiger partial charge in [-0.05, 0) is 45.7 Å². The number of esters is 1. The minimum Gasteiger partial charge on any atom is -0.465 e. The van der Waals surface area contributed by atoms with Gasteiger partial charge in [-0.1, -0.05) is 36.4 Å². The van der Waals surface area contributed by atoms with Crippen molar-refractivity contribution >= 4 is 23.4 Å². The van der Waals surface area contributed by atoms with Crippen LogP contribution < -0.4 is 5.32 Å². The van der Waals surface area contributed by atoms with Crippen LogP contribution in [0.2, 0.25) is 0 Å². The first-order valence-electron chi connectivity index (χ1n) is 9.06. The van der Waals surface area contributed by atoms with Gasteiger partial charge in [-0.25, -0.2) is 0 Å². The van der Waals surface area contributed by atoms with Crippen molar-refractivity contribution in [3.8, 4) is 0 Å². The Balaban J connectivity index is 2.10. The Morgan fingerprint density at radius 3 is 2.65 bits per heavy atom. The first kappa shape index (κ1) is 20.3. The van der Waals surface area contributed by atoms with Crippen LogP contribution in [-0.2, 0) is 22.6 Å². The third-order valence-electron chi connectivity index (χ3n) is 4.10. The highest BCUT2D eigenvalue weighted by Crippen LogP contribution is 2.26. The van der Waals surface area contributed by atoms with Gasteiger partial charge in [0.05, 0.1) is 13.2 Å². The zero-order valence-corrected chi connectivity index (χ0v) is 17.0. The molecule has 142 valence electrons. The number of nitrogens with one attached hydrogen (secondary N) is 1. The summed E-state index contributed by atoms with van der Waals surface area (Å²) in [5, 5.41) is 12.5. The van der Waals surface area contributed by atoms with Crippen LogP contribution >= 0.6 is 11.8 Å². The maximum Gasteiger partial charge on any atom is 0.319 e. The Morgan fingerprint density at radius 2 is 2.04 bits per heavy atom. The molecule has 2 rings (SSSR count). The molecule has 2 aromatic rings. The van der Waals surface area contributed by atoms with Gasteiger partial charge in [0.15, 0.2) is 11.0 Å². The Kier molecular flexibility index (Phi) is 7.50. The number of benzene rings is 1. The maximum atomic E-state index is 12.0. The highest BCUT2D eigenvalue weighted by molar-refractivity contribution is 8.00. The lowest BCUT2D eigenvalue weighted by atomic mass is 10.1. The lowest BCUT2D eigenvalue weighted by Gasteiger charge is -2.14. The van der Waals surface area contributed by atoms with E-state index in [1.54, 1.807) is 0 Å². The molecule has 1 unspecified atom stereocenters. The van der Waals surface area contributed by atoms with Gasteiger partial charge in [0, 0.05) is 12.2 Å². The van der Waals surface area contributed by atoms with Crippen LogP contribution in [0.4, 0.5) is 5.69 Å². The maximum absolute atomic E-state index is 12.0. The number of nitrogens with zero attached hydrogens (tertiary/aromatic N) is 3. The number of carbonyl (C=O) groups excluding carboxylic acids is 1. The predicted molar refractivity (Wildman–Crippen MR) is 106 cm³/mol. The third kappa shape index (κ3) is 5.00. The van der Waals surface area contributed by atoms with Crippen molar-refractivity contribution in [2.75, 3.05) is 11.9 Å². The quantitative estimate of drug-likeness (QED) is 0.528. The Morgan fingerprint density at radius 1 is 1.27 bits per heavy atom. The normalized spacial score (nSPS) is 12.0. The number of rotatable bonds is 9. The van der Waals surface area contributed by atoms with E-state index in [0.717, 1.165) is 23.2 Å². The van der Waals surface area contributed by atoms with Crippen LogP contribution in [0.3, 0.4) is 0 Å². The Bertz CT molecular complexity index is 745. The van der Waals surface area contributed by atoms with E-state index in [0.29, 0.717) is 19.6 Å². The summed E-state index contributed by atoms with van der Waals surface area (Å²) in [7, 11) is 0. The van der Waals surface area contributed by atoms with Gasteiger partial charge < -0.3 is 14.6 Å². The van der Waals surface area contributed by atoms with E-state index in [2.05, 4.69) is 54.5 Å². The lowest BCUT2D eigenvalue weighted by molar-refractivity contribution is -0.142. The van der Waals surface area contributed by atoms with Crippen molar-refractivity contribution in [1.29, 1.82) is 0 Å². The van der Waals surface area contributed by atoms with E-state index < -0.39 is 0 Å². The lowest BCUT2D eigenvalue weighted by Crippen LogP contribution is -2.20. The summed E-state index contributed by atoms with van der Waals surface area (Å²) in [4.78, 5) is 12.0. The molecule has 6 nitrogen and oxygen atoms in total. The topological polar surface area (TPSA) is 69.0 Å². The summed E-state index contributed by atoms with van der Waals surface area (Å²) in [5.41, 5.74) is 3.54. The van der Waals surface area contributed by atoms with Crippen molar-refractivity contribution in [1.82, 2.24) is 14.8 Å². The van der Waals surface area contributed by atoms with Crippen molar-refractivity contribution in [2.45, 2.75) is 64.5 Å². The fourth-order valence-electron chi connectivity index (χ4n) is 2.70. The second-order valence-electron chi connectivity index (χ2n) is 6.08. The first-order valence-corrected chi connectivity index (χ1v) is 9.94. The molecule has 1 aromatic carbocycles. The number of hydrogen-bond donors (Lipinski definition) is 1. The first-order chi connectivity index (χ1) is 12.5. The molecule has 0 saturated carbocycles. The molecule has 0 bridgehead atoms. The molecular formula is C19H28N4O2S. The summed E-state index contributed by atoms with van der Waals surface area (Å²) in [5.74, 6) is 0.661. The van der Waals surface area contributed by atoms with Crippen LogP contribution in [-0.4, -0.2) is 32.6 Å². The summed E-state index contributed by atoms with van der Waals surface area (Å²) in [6.45, 7) is 11.7. The zero-order valence-electron chi connectivity index (χ0n) is 16.2. The summed E-state index contributed by atoms with van der Waals surface area (Å²) >= 11 is 1.42. The van der Waals surface area contributed by atoms with Gasteiger partial charge in [-0.3, -0.25) is 4.79 Å². The van der Waals surface area contributed by atoms with Crippen LogP contribution in [0, 0.1) is 13.8 Å². The molecule has 1 N–H and O–H groups in total. The second-order valence-corrected chi connectivity index (χ2v) is 7.25. The van der Waals surface area contributed by atoms with Gasteiger partial charge in [0.25, 0.3) is 0 Å². The van der Waals surface area contributed by atoms with Gasteiger partial charge in [0.2, 0.25) is 0 Å². The number of anilines is 1. The molecular weight excluding hydrogens is 348 g/mol. The smallest absolute Gasteiger partial charge is 0.319 e. The van der Waals surface area contributed by atoms with Gasteiger partial charge >= 0.3 is 5.97 Å². The molecule has 1 heterocycles. The Labute approximate surface area is 159 Å². The summed E-state index contributed by atoms with van der Waals surface area (Å²) < 4.78 is 7.19. The van der Waals surface area contributed by atoms with E-state index in [1.807, 2.05) is 18.4 Å². The molecule has 1 aromatic heterocycles. The minimum atomic E-state index is -0.260. The van der Waals surface area contributed by atoms with Gasteiger partial charge in [-0.15, -0.1) is 10.2 Å². The molecule has 0 radical (unpaired) electrons. The molecule has 26 heavy (non-hydrogen) atoms. The Hall–Kier alpha value is -2.02. The molecule has 7 heteroatoms. The van der Waals surface area contributed by atoms with Gasteiger partial charge in [-0.2, -0.15) is 0 Å². The molecule has 0 saturated heterocycles. The van der Waals surface area contributed by atoms with E-state index in [-0.39, 0.29) is 11.2 Å². The van der Waals surface area contributed by atoms with Crippen LogP contribution in [0.15, 0.2) is 23.4 Å². The minimum absolute atomic E-state index is 0.194. The molecule has 1 atom stereocenters. The van der Waals surface area contributed by atoms with E-state index in [1.165, 1.54) is 22.9 Å². The van der Waals surface area contributed by atoms with Crippen LogP contribution in [0.5, 0.6) is 0 Å². The molecule has 0 fully saturated rings.